The summed E-state index contributed by atoms with van der Waals surface area (Å²) in [6.07, 6.45) is 0. The van der Waals surface area contributed by atoms with Gasteiger partial charge in [0.05, 0.1) is 19.9 Å². The third-order valence-electron chi connectivity index (χ3n) is 2.43. The Labute approximate surface area is 117 Å². The SMILES string of the molecule is COC(=O)c1sc(-c2ccsc2C(=O)OC)cc1N. The molecule has 0 unspecified atom stereocenters. The number of nitrogen functional groups attached to an aromatic ring is 1. The smallest absolute Gasteiger partial charge is 0.350 e. The molecule has 0 aliphatic rings. The van der Waals surface area contributed by atoms with E-state index in [1.807, 2.05) is 0 Å². The van der Waals surface area contributed by atoms with Crippen molar-refractivity contribution in [3.63, 3.8) is 0 Å². The number of methoxy groups -OCH3 is 2. The summed E-state index contributed by atoms with van der Waals surface area (Å²) in [6, 6.07) is 3.45. The van der Waals surface area contributed by atoms with Crippen LogP contribution in [0.5, 0.6) is 0 Å². The molecule has 2 heterocycles. The highest BCUT2D eigenvalue weighted by atomic mass is 32.1. The minimum atomic E-state index is -0.483. The van der Waals surface area contributed by atoms with E-state index in [9.17, 15) is 9.59 Å². The lowest BCUT2D eigenvalue weighted by Gasteiger charge is -1.99. The molecule has 0 saturated heterocycles. The Hall–Kier alpha value is -1.86. The quantitative estimate of drug-likeness (QED) is 0.881. The second-order valence-corrected chi connectivity index (χ2v) is 5.51. The van der Waals surface area contributed by atoms with Crippen molar-refractivity contribution in [2.45, 2.75) is 0 Å². The van der Waals surface area contributed by atoms with Gasteiger partial charge in [-0.15, -0.1) is 22.7 Å². The summed E-state index contributed by atoms with van der Waals surface area (Å²) in [5.74, 6) is -0.889. The van der Waals surface area contributed by atoms with E-state index in [1.165, 1.54) is 36.9 Å². The van der Waals surface area contributed by atoms with Crippen molar-refractivity contribution in [1.29, 1.82) is 0 Å². The lowest BCUT2D eigenvalue weighted by Crippen LogP contribution is -2.01. The summed E-state index contributed by atoms with van der Waals surface area (Å²) in [6.45, 7) is 0. The molecule has 5 nitrogen and oxygen atoms in total. The predicted molar refractivity (Wildman–Crippen MR) is 74.7 cm³/mol. The van der Waals surface area contributed by atoms with Crippen molar-refractivity contribution in [2.24, 2.45) is 0 Å². The number of thiophene rings is 2. The summed E-state index contributed by atoms with van der Waals surface area (Å²) in [4.78, 5) is 24.7. The molecule has 2 aromatic rings. The molecule has 0 aromatic carbocycles. The molecule has 0 fully saturated rings. The van der Waals surface area contributed by atoms with Crippen molar-refractivity contribution in [1.82, 2.24) is 0 Å². The van der Waals surface area contributed by atoms with Crippen molar-refractivity contribution in [3.05, 3.63) is 27.3 Å². The van der Waals surface area contributed by atoms with Gasteiger partial charge in [-0.05, 0) is 17.5 Å². The van der Waals surface area contributed by atoms with Crippen LogP contribution in [0.15, 0.2) is 17.5 Å². The number of hydrogen-bond acceptors (Lipinski definition) is 7. The van der Waals surface area contributed by atoms with E-state index in [1.54, 1.807) is 17.5 Å². The average Bonchev–Trinajstić information content (AvgIpc) is 3.03. The molecule has 0 bridgehead atoms. The van der Waals surface area contributed by atoms with Crippen LogP contribution >= 0.6 is 22.7 Å². The van der Waals surface area contributed by atoms with Crippen LogP contribution in [0.25, 0.3) is 10.4 Å². The van der Waals surface area contributed by atoms with Crippen LogP contribution in [-0.4, -0.2) is 26.2 Å². The second kappa shape index (κ2) is 5.41. The van der Waals surface area contributed by atoms with Crippen LogP contribution in [-0.2, 0) is 9.47 Å². The number of rotatable bonds is 3. The zero-order valence-corrected chi connectivity index (χ0v) is 11.9. The third kappa shape index (κ3) is 2.47. The Kier molecular flexibility index (Phi) is 3.87. The van der Waals surface area contributed by atoms with Crippen molar-refractivity contribution >= 4 is 40.3 Å². The van der Waals surface area contributed by atoms with Gasteiger partial charge < -0.3 is 15.2 Å². The maximum Gasteiger partial charge on any atom is 0.350 e. The molecule has 2 aromatic heterocycles. The number of esters is 2. The van der Waals surface area contributed by atoms with Crippen LogP contribution < -0.4 is 5.73 Å². The van der Waals surface area contributed by atoms with Gasteiger partial charge in [0.1, 0.15) is 9.75 Å². The molecule has 7 heteroatoms. The van der Waals surface area contributed by atoms with Gasteiger partial charge in [0.15, 0.2) is 0 Å². The Morgan fingerprint density at radius 1 is 1.16 bits per heavy atom. The van der Waals surface area contributed by atoms with Gasteiger partial charge in [0.25, 0.3) is 0 Å². The lowest BCUT2D eigenvalue weighted by atomic mass is 10.2. The first-order valence-corrected chi connectivity index (χ1v) is 6.92. The normalized spacial score (nSPS) is 10.2. The average molecular weight is 297 g/mol. The number of anilines is 1. The van der Waals surface area contributed by atoms with E-state index in [4.69, 9.17) is 10.5 Å². The van der Waals surface area contributed by atoms with Crippen molar-refractivity contribution < 1.29 is 19.1 Å². The zero-order chi connectivity index (χ0) is 14.0. The van der Waals surface area contributed by atoms with Gasteiger partial charge in [-0.2, -0.15) is 0 Å². The van der Waals surface area contributed by atoms with Crippen molar-refractivity contribution in [2.75, 3.05) is 20.0 Å². The minimum Gasteiger partial charge on any atom is -0.465 e. The summed E-state index contributed by atoms with van der Waals surface area (Å²) in [5, 5.41) is 1.79. The van der Waals surface area contributed by atoms with E-state index in [-0.39, 0.29) is 0 Å². The maximum atomic E-state index is 11.6. The fourth-order valence-electron chi connectivity index (χ4n) is 1.54. The monoisotopic (exact) mass is 297 g/mol. The van der Waals surface area contributed by atoms with Crippen LogP contribution in [0.3, 0.4) is 0 Å². The molecule has 0 spiro atoms. The maximum absolute atomic E-state index is 11.6. The first-order valence-electron chi connectivity index (χ1n) is 5.22. The lowest BCUT2D eigenvalue weighted by molar-refractivity contribution is 0.0598. The van der Waals surface area contributed by atoms with E-state index >= 15 is 0 Å². The van der Waals surface area contributed by atoms with E-state index in [2.05, 4.69) is 4.74 Å². The second-order valence-electron chi connectivity index (χ2n) is 3.54. The van der Waals surface area contributed by atoms with Gasteiger partial charge in [0.2, 0.25) is 0 Å². The van der Waals surface area contributed by atoms with Crippen molar-refractivity contribution in [3.8, 4) is 10.4 Å². The molecule has 0 radical (unpaired) electrons. The van der Waals surface area contributed by atoms with E-state index in [0.717, 1.165) is 4.88 Å². The molecular weight excluding hydrogens is 286 g/mol. The molecule has 0 atom stereocenters. The third-order valence-corrected chi connectivity index (χ3v) is 4.49. The van der Waals surface area contributed by atoms with Crippen LogP contribution in [0.2, 0.25) is 0 Å². The van der Waals surface area contributed by atoms with Crippen LogP contribution in [0, 0.1) is 0 Å². The molecule has 0 aliphatic heterocycles. The van der Waals surface area contributed by atoms with Gasteiger partial charge >= 0.3 is 11.9 Å². The van der Waals surface area contributed by atoms with Crippen LogP contribution in [0.1, 0.15) is 19.3 Å². The molecule has 2 N–H and O–H groups in total. The summed E-state index contributed by atoms with van der Waals surface area (Å²) in [7, 11) is 2.63. The Morgan fingerprint density at radius 2 is 1.79 bits per heavy atom. The highest BCUT2D eigenvalue weighted by Gasteiger charge is 2.20. The largest absolute Gasteiger partial charge is 0.465 e. The minimum absolute atomic E-state index is 0.333. The molecular formula is C12H11NO4S2. The highest BCUT2D eigenvalue weighted by molar-refractivity contribution is 7.19. The van der Waals surface area contributed by atoms with E-state index < -0.39 is 11.9 Å². The fraction of sp³-hybridized carbons (Fsp3) is 0.167. The Morgan fingerprint density at radius 3 is 2.42 bits per heavy atom. The number of nitrogens with two attached hydrogens (primary N) is 1. The zero-order valence-electron chi connectivity index (χ0n) is 10.3. The van der Waals surface area contributed by atoms with Gasteiger partial charge in [-0.1, -0.05) is 0 Å². The first kappa shape index (κ1) is 13.6. The molecule has 0 amide bonds. The van der Waals surface area contributed by atoms with Crippen LogP contribution in [0.4, 0.5) is 5.69 Å². The van der Waals surface area contributed by atoms with Gasteiger partial charge in [-0.25, -0.2) is 9.59 Å². The number of ether oxygens (including phenoxy) is 2. The standard InChI is InChI=1S/C12H11NO4S2/c1-16-11(14)9-6(3-4-18-9)8-5-7(13)10(19-8)12(15)17-2/h3-5H,13H2,1-2H3. The summed E-state index contributed by atoms with van der Waals surface area (Å²) in [5.41, 5.74) is 6.83. The first-order chi connectivity index (χ1) is 9.08. The topological polar surface area (TPSA) is 78.6 Å². The highest BCUT2D eigenvalue weighted by Crippen LogP contribution is 2.37. The Balaban J connectivity index is 2.46. The summed E-state index contributed by atoms with van der Waals surface area (Å²) >= 11 is 2.47. The number of hydrogen-bond donors (Lipinski definition) is 1. The van der Waals surface area contributed by atoms with Gasteiger partial charge in [-0.3, -0.25) is 0 Å². The molecule has 0 aliphatic carbocycles. The number of carbonyl (C=O) groups excluding carboxylic acids is 2. The fourth-order valence-corrected chi connectivity index (χ4v) is 3.46. The van der Waals surface area contributed by atoms with Gasteiger partial charge in [0, 0.05) is 10.4 Å². The predicted octanol–water partition coefficient (Wildman–Crippen LogP) is 2.63. The summed E-state index contributed by atoms with van der Waals surface area (Å²) < 4.78 is 9.36. The molecule has 0 saturated carbocycles. The molecule has 2 rings (SSSR count). The van der Waals surface area contributed by atoms with E-state index in [0.29, 0.717) is 21.0 Å². The molecule has 19 heavy (non-hydrogen) atoms. The number of carbonyl (C=O) groups is 2. The Bertz CT molecular complexity index is 629. The molecule has 100 valence electrons.